The average Bonchev–Trinajstić information content (AvgIpc) is 2.55. The first-order valence-electron chi connectivity index (χ1n) is 8.10. The van der Waals surface area contributed by atoms with Crippen molar-refractivity contribution in [3.05, 3.63) is 62.8 Å². The molecule has 7 heteroatoms. The minimum Gasteiger partial charge on any atom is -0.490 e. The Balaban J connectivity index is 1.67. The maximum absolute atomic E-state index is 13.8. The van der Waals surface area contributed by atoms with E-state index in [2.05, 4.69) is 15.6 Å². The fraction of sp³-hybridized carbons (Fsp3) is 0.333. The number of benzene rings is 1. The molecule has 1 aliphatic heterocycles. The molecule has 2 amide bonds. The Morgan fingerprint density at radius 3 is 2.96 bits per heavy atom. The molecule has 6 nitrogen and oxygen atoms in total. The number of H-pyrrole nitrogens is 1. The molecule has 132 valence electrons. The van der Waals surface area contributed by atoms with E-state index in [-0.39, 0.29) is 23.9 Å². The summed E-state index contributed by atoms with van der Waals surface area (Å²) in [5.41, 5.74) is 2.51. The van der Waals surface area contributed by atoms with Gasteiger partial charge in [-0.15, -0.1) is 0 Å². The Kier molecular flexibility index (Phi) is 4.74. The van der Waals surface area contributed by atoms with Crippen LogP contribution in [0.1, 0.15) is 34.8 Å². The van der Waals surface area contributed by atoms with Crippen molar-refractivity contribution in [2.24, 2.45) is 0 Å². The Morgan fingerprint density at radius 1 is 1.40 bits per heavy atom. The van der Waals surface area contributed by atoms with Gasteiger partial charge in [0.05, 0.1) is 19.2 Å². The standard InChI is InChI=1S/C18H20FN3O3/c1-10-8-11(2)21-17(23)13(10)9-20-18(24)22-15-6-7-25-16-12(15)4-3-5-14(16)19/h3-5,8,15H,6-7,9H2,1-2H3,(H,21,23)(H2,20,22,24)/t15-/m1/s1. The second kappa shape index (κ2) is 6.96. The Bertz CT molecular complexity index is 863. The van der Waals surface area contributed by atoms with Gasteiger partial charge >= 0.3 is 6.03 Å². The summed E-state index contributed by atoms with van der Waals surface area (Å²) in [6.07, 6.45) is 0.550. The minimum absolute atomic E-state index is 0.118. The highest BCUT2D eigenvalue weighted by atomic mass is 19.1. The lowest BCUT2D eigenvalue weighted by molar-refractivity contribution is 0.219. The summed E-state index contributed by atoms with van der Waals surface area (Å²) in [5, 5.41) is 5.50. The van der Waals surface area contributed by atoms with Crippen molar-refractivity contribution >= 4 is 6.03 Å². The van der Waals surface area contributed by atoms with Gasteiger partial charge in [0.1, 0.15) is 0 Å². The smallest absolute Gasteiger partial charge is 0.315 e. The maximum Gasteiger partial charge on any atom is 0.315 e. The largest absolute Gasteiger partial charge is 0.490 e. The lowest BCUT2D eigenvalue weighted by Gasteiger charge is -2.27. The van der Waals surface area contributed by atoms with Gasteiger partial charge in [-0.25, -0.2) is 9.18 Å². The zero-order valence-corrected chi connectivity index (χ0v) is 14.1. The second-order valence-electron chi connectivity index (χ2n) is 6.12. The molecule has 3 rings (SSSR count). The third-order valence-corrected chi connectivity index (χ3v) is 4.25. The molecule has 25 heavy (non-hydrogen) atoms. The number of nitrogens with one attached hydrogen (secondary N) is 3. The molecule has 1 aromatic carbocycles. The summed E-state index contributed by atoms with van der Waals surface area (Å²) < 4.78 is 19.1. The minimum atomic E-state index is -0.439. The van der Waals surface area contributed by atoms with Crippen LogP contribution >= 0.6 is 0 Å². The number of amides is 2. The number of aryl methyl sites for hydroxylation is 2. The van der Waals surface area contributed by atoms with Crippen LogP contribution in [0.3, 0.4) is 0 Å². The van der Waals surface area contributed by atoms with Gasteiger partial charge in [0.15, 0.2) is 11.6 Å². The molecule has 1 aliphatic rings. The van der Waals surface area contributed by atoms with Gasteiger partial charge < -0.3 is 20.4 Å². The predicted molar refractivity (Wildman–Crippen MR) is 91.2 cm³/mol. The van der Waals surface area contributed by atoms with Crippen LogP contribution in [0.25, 0.3) is 0 Å². The van der Waals surface area contributed by atoms with Crippen molar-refractivity contribution in [1.82, 2.24) is 15.6 Å². The molecule has 0 saturated heterocycles. The van der Waals surface area contributed by atoms with Gasteiger partial charge in [-0.1, -0.05) is 12.1 Å². The van der Waals surface area contributed by atoms with Crippen LogP contribution in [0.2, 0.25) is 0 Å². The van der Waals surface area contributed by atoms with Gasteiger partial charge in [-0.2, -0.15) is 0 Å². The fourth-order valence-electron chi connectivity index (χ4n) is 3.02. The first-order chi connectivity index (χ1) is 12.0. The van der Waals surface area contributed by atoms with Gasteiger partial charge in [-0.05, 0) is 31.5 Å². The molecule has 1 atom stereocenters. The number of ether oxygens (including phenoxy) is 1. The Hall–Kier alpha value is -2.83. The Morgan fingerprint density at radius 2 is 2.20 bits per heavy atom. The number of halogens is 1. The zero-order chi connectivity index (χ0) is 18.0. The molecule has 0 radical (unpaired) electrons. The first-order valence-corrected chi connectivity index (χ1v) is 8.10. The van der Waals surface area contributed by atoms with E-state index in [1.165, 1.54) is 6.07 Å². The number of rotatable bonds is 3. The Labute approximate surface area is 144 Å². The van der Waals surface area contributed by atoms with Crippen molar-refractivity contribution in [1.29, 1.82) is 0 Å². The number of aromatic amines is 1. The normalized spacial score (nSPS) is 15.9. The quantitative estimate of drug-likeness (QED) is 0.799. The molecule has 0 fully saturated rings. The van der Waals surface area contributed by atoms with E-state index in [1.807, 2.05) is 13.0 Å². The molecule has 2 aromatic rings. The third kappa shape index (κ3) is 3.65. The number of carbonyl (C=O) groups is 1. The molecular formula is C18H20FN3O3. The predicted octanol–water partition coefficient (Wildman–Crippen LogP) is 2.45. The van der Waals surface area contributed by atoms with Crippen LogP contribution in [-0.2, 0) is 6.54 Å². The summed E-state index contributed by atoms with van der Waals surface area (Å²) in [5.74, 6) is -0.254. The van der Waals surface area contributed by atoms with Crippen molar-refractivity contribution in [2.75, 3.05) is 6.61 Å². The lowest BCUT2D eigenvalue weighted by Crippen LogP contribution is -2.40. The van der Waals surface area contributed by atoms with E-state index in [0.717, 1.165) is 11.3 Å². The van der Waals surface area contributed by atoms with Crippen molar-refractivity contribution in [2.45, 2.75) is 32.9 Å². The molecule has 3 N–H and O–H groups in total. The topological polar surface area (TPSA) is 83.2 Å². The molecule has 0 aliphatic carbocycles. The second-order valence-corrected chi connectivity index (χ2v) is 6.12. The highest BCUT2D eigenvalue weighted by Crippen LogP contribution is 2.33. The molecule has 2 heterocycles. The van der Waals surface area contributed by atoms with Crippen LogP contribution in [0.4, 0.5) is 9.18 Å². The van der Waals surface area contributed by atoms with Crippen molar-refractivity contribution < 1.29 is 13.9 Å². The van der Waals surface area contributed by atoms with E-state index in [0.29, 0.717) is 24.2 Å². The van der Waals surface area contributed by atoms with Crippen molar-refractivity contribution in [3.63, 3.8) is 0 Å². The molecule has 1 aromatic heterocycles. The summed E-state index contributed by atoms with van der Waals surface area (Å²) in [6, 6.07) is 5.75. The number of carbonyl (C=O) groups excluding carboxylic acids is 1. The van der Waals surface area contributed by atoms with E-state index in [1.54, 1.807) is 19.1 Å². The van der Waals surface area contributed by atoms with Crippen LogP contribution in [-0.4, -0.2) is 17.6 Å². The summed E-state index contributed by atoms with van der Waals surface area (Å²) >= 11 is 0. The van der Waals surface area contributed by atoms with Crippen molar-refractivity contribution in [3.8, 4) is 5.75 Å². The van der Waals surface area contributed by atoms with Crippen LogP contribution in [0, 0.1) is 19.7 Å². The lowest BCUT2D eigenvalue weighted by atomic mass is 10.0. The summed E-state index contributed by atoms with van der Waals surface area (Å²) in [7, 11) is 0. The van der Waals surface area contributed by atoms with E-state index < -0.39 is 11.8 Å². The van der Waals surface area contributed by atoms with E-state index >= 15 is 0 Å². The fourth-order valence-corrected chi connectivity index (χ4v) is 3.02. The van der Waals surface area contributed by atoms with Gasteiger partial charge in [-0.3, -0.25) is 4.79 Å². The van der Waals surface area contributed by atoms with Gasteiger partial charge in [0, 0.05) is 23.2 Å². The monoisotopic (exact) mass is 345 g/mol. The molecule has 0 spiro atoms. The number of aromatic nitrogens is 1. The number of hydrogen-bond acceptors (Lipinski definition) is 3. The number of hydrogen-bond donors (Lipinski definition) is 3. The van der Waals surface area contributed by atoms with Gasteiger partial charge in [0.25, 0.3) is 5.56 Å². The maximum atomic E-state index is 13.8. The summed E-state index contributed by atoms with van der Waals surface area (Å²) in [4.78, 5) is 26.9. The molecule has 0 unspecified atom stereocenters. The number of para-hydroxylation sites is 1. The van der Waals surface area contributed by atoms with Crippen LogP contribution < -0.4 is 20.9 Å². The van der Waals surface area contributed by atoms with Gasteiger partial charge in [0.2, 0.25) is 0 Å². The van der Waals surface area contributed by atoms with Crippen LogP contribution in [0.15, 0.2) is 29.1 Å². The molecular weight excluding hydrogens is 325 g/mol. The molecule has 0 saturated carbocycles. The third-order valence-electron chi connectivity index (χ3n) is 4.25. The highest BCUT2D eigenvalue weighted by Gasteiger charge is 2.25. The number of urea groups is 1. The number of fused-ring (bicyclic) bond motifs is 1. The van der Waals surface area contributed by atoms with E-state index in [4.69, 9.17) is 4.74 Å². The summed E-state index contributed by atoms with van der Waals surface area (Å²) in [6.45, 7) is 4.08. The van der Waals surface area contributed by atoms with Crippen LogP contribution in [0.5, 0.6) is 5.75 Å². The zero-order valence-electron chi connectivity index (χ0n) is 14.1. The van der Waals surface area contributed by atoms with E-state index in [9.17, 15) is 14.0 Å². The first kappa shape index (κ1) is 17.0. The highest BCUT2D eigenvalue weighted by molar-refractivity contribution is 5.74. The molecule has 0 bridgehead atoms. The number of pyridine rings is 1. The SMILES string of the molecule is Cc1cc(C)c(CNC(=O)N[C@@H]2CCOc3c(F)cccc32)c(=O)[nH]1. The average molecular weight is 345 g/mol.